The number of nitrogens with one attached hydrogen (secondary N) is 2. The third kappa shape index (κ3) is 2.01. The number of para-hydroxylation sites is 1. The fourth-order valence-electron chi connectivity index (χ4n) is 1.36. The Morgan fingerprint density at radius 2 is 2.06 bits per heavy atom. The molecular formula is C10H9N3O2S. The predicted octanol–water partition coefficient (Wildman–Crippen LogP) is 1.50. The second kappa shape index (κ2) is 4.28. The number of methoxy groups -OCH3 is 1. The van der Waals surface area contributed by atoms with Gasteiger partial charge in [-0.1, -0.05) is 12.1 Å². The van der Waals surface area contributed by atoms with Crippen molar-refractivity contribution in [3.05, 3.63) is 39.5 Å². The van der Waals surface area contributed by atoms with Crippen molar-refractivity contribution in [3.63, 3.8) is 0 Å². The van der Waals surface area contributed by atoms with E-state index in [1.165, 1.54) is 0 Å². The SMILES string of the molecule is COc1ccccc1-c1nc(=S)[nH]c(=O)[nH]1. The number of hydrogen-bond acceptors (Lipinski definition) is 4. The molecule has 2 rings (SSSR count). The van der Waals surface area contributed by atoms with E-state index in [-0.39, 0.29) is 10.5 Å². The number of aromatic amines is 2. The molecule has 0 bridgehead atoms. The lowest BCUT2D eigenvalue weighted by molar-refractivity contribution is 0.416. The Morgan fingerprint density at radius 1 is 1.31 bits per heavy atom. The van der Waals surface area contributed by atoms with Crippen molar-refractivity contribution in [1.29, 1.82) is 0 Å². The Labute approximate surface area is 96.1 Å². The monoisotopic (exact) mass is 235 g/mol. The van der Waals surface area contributed by atoms with E-state index in [1.807, 2.05) is 12.1 Å². The Morgan fingerprint density at radius 3 is 2.75 bits per heavy atom. The predicted molar refractivity (Wildman–Crippen MR) is 62.0 cm³/mol. The molecule has 2 N–H and O–H groups in total. The van der Waals surface area contributed by atoms with Crippen LogP contribution in [0.15, 0.2) is 29.1 Å². The molecule has 16 heavy (non-hydrogen) atoms. The van der Waals surface area contributed by atoms with Crippen molar-refractivity contribution in [2.45, 2.75) is 0 Å². The summed E-state index contributed by atoms with van der Waals surface area (Å²) in [5.41, 5.74) is 0.308. The highest BCUT2D eigenvalue weighted by atomic mass is 32.1. The number of nitrogens with zero attached hydrogens (tertiary/aromatic N) is 1. The van der Waals surface area contributed by atoms with Crippen LogP contribution in [0.1, 0.15) is 0 Å². The van der Waals surface area contributed by atoms with Gasteiger partial charge in [0.1, 0.15) is 11.6 Å². The third-order valence-corrected chi connectivity index (χ3v) is 2.22. The first-order valence-corrected chi connectivity index (χ1v) is 4.95. The van der Waals surface area contributed by atoms with E-state index in [9.17, 15) is 4.79 Å². The number of ether oxygens (including phenoxy) is 1. The Hall–Kier alpha value is -1.95. The smallest absolute Gasteiger partial charge is 0.326 e. The first-order valence-electron chi connectivity index (χ1n) is 4.55. The minimum Gasteiger partial charge on any atom is -0.496 e. The van der Waals surface area contributed by atoms with Gasteiger partial charge >= 0.3 is 5.69 Å². The molecule has 0 aliphatic heterocycles. The third-order valence-electron chi connectivity index (χ3n) is 2.03. The van der Waals surface area contributed by atoms with Gasteiger partial charge in [-0.15, -0.1) is 0 Å². The van der Waals surface area contributed by atoms with Crippen LogP contribution in [0.5, 0.6) is 5.75 Å². The summed E-state index contributed by atoms with van der Waals surface area (Å²) in [6.07, 6.45) is 0. The lowest BCUT2D eigenvalue weighted by Crippen LogP contribution is -2.13. The molecule has 0 saturated carbocycles. The van der Waals surface area contributed by atoms with Gasteiger partial charge in [0.25, 0.3) is 0 Å². The van der Waals surface area contributed by atoms with E-state index < -0.39 is 0 Å². The van der Waals surface area contributed by atoms with Crippen LogP contribution in [0.3, 0.4) is 0 Å². The van der Waals surface area contributed by atoms with Crippen molar-refractivity contribution >= 4 is 12.2 Å². The molecule has 0 aliphatic rings. The average Bonchev–Trinajstić information content (AvgIpc) is 2.27. The first-order chi connectivity index (χ1) is 7.70. The van der Waals surface area contributed by atoms with E-state index in [2.05, 4.69) is 15.0 Å². The molecule has 82 valence electrons. The van der Waals surface area contributed by atoms with Crippen LogP contribution in [-0.4, -0.2) is 22.1 Å². The maximum atomic E-state index is 11.2. The summed E-state index contributed by atoms with van der Waals surface area (Å²) in [5, 5.41) is 0. The maximum Gasteiger partial charge on any atom is 0.326 e. The number of H-pyrrole nitrogens is 2. The summed E-state index contributed by atoms with van der Waals surface area (Å²) < 4.78 is 5.32. The van der Waals surface area contributed by atoms with Gasteiger partial charge in [-0.3, -0.25) is 9.97 Å². The maximum absolute atomic E-state index is 11.2. The Kier molecular flexibility index (Phi) is 2.82. The van der Waals surface area contributed by atoms with Crippen LogP contribution in [-0.2, 0) is 0 Å². The zero-order chi connectivity index (χ0) is 11.5. The van der Waals surface area contributed by atoms with E-state index in [4.69, 9.17) is 17.0 Å². The van der Waals surface area contributed by atoms with Gasteiger partial charge in [-0.2, -0.15) is 0 Å². The fourth-order valence-corrected chi connectivity index (χ4v) is 1.55. The van der Waals surface area contributed by atoms with Gasteiger partial charge in [0.15, 0.2) is 0 Å². The van der Waals surface area contributed by atoms with Crippen LogP contribution in [0, 0.1) is 4.77 Å². The minimum atomic E-state index is -0.388. The quantitative estimate of drug-likeness (QED) is 0.774. The zero-order valence-electron chi connectivity index (χ0n) is 8.48. The molecule has 0 spiro atoms. The van der Waals surface area contributed by atoms with Gasteiger partial charge in [0.05, 0.1) is 12.7 Å². The molecule has 0 amide bonds. The summed E-state index contributed by atoms with van der Waals surface area (Å²) in [6, 6.07) is 7.25. The molecule has 0 aliphatic carbocycles. The van der Waals surface area contributed by atoms with Gasteiger partial charge in [0.2, 0.25) is 4.77 Å². The van der Waals surface area contributed by atoms with Crippen LogP contribution < -0.4 is 10.4 Å². The summed E-state index contributed by atoms with van der Waals surface area (Å²) >= 11 is 4.84. The minimum absolute atomic E-state index is 0.143. The topological polar surface area (TPSA) is 70.8 Å². The van der Waals surface area contributed by atoms with Crippen molar-refractivity contribution < 1.29 is 4.74 Å². The second-order valence-electron chi connectivity index (χ2n) is 3.04. The molecule has 1 aromatic heterocycles. The summed E-state index contributed by atoms with van der Waals surface area (Å²) in [7, 11) is 1.56. The van der Waals surface area contributed by atoms with Crippen molar-refractivity contribution in [2.24, 2.45) is 0 Å². The van der Waals surface area contributed by atoms with Crippen LogP contribution in [0.25, 0.3) is 11.4 Å². The van der Waals surface area contributed by atoms with Crippen LogP contribution in [0.2, 0.25) is 0 Å². The molecule has 0 atom stereocenters. The van der Waals surface area contributed by atoms with Gasteiger partial charge in [-0.25, -0.2) is 9.78 Å². The number of benzene rings is 1. The molecule has 0 fully saturated rings. The molecule has 1 aromatic carbocycles. The number of aromatic nitrogens is 3. The lowest BCUT2D eigenvalue weighted by atomic mass is 10.2. The van der Waals surface area contributed by atoms with Crippen molar-refractivity contribution in [2.75, 3.05) is 7.11 Å². The molecule has 1 heterocycles. The molecule has 0 radical (unpaired) electrons. The Balaban J connectivity index is 2.67. The van der Waals surface area contributed by atoms with Crippen molar-refractivity contribution in [1.82, 2.24) is 15.0 Å². The lowest BCUT2D eigenvalue weighted by Gasteiger charge is -2.06. The molecule has 0 unspecified atom stereocenters. The normalized spacial score (nSPS) is 10.1. The highest BCUT2D eigenvalue weighted by molar-refractivity contribution is 7.71. The average molecular weight is 235 g/mol. The van der Waals surface area contributed by atoms with Crippen molar-refractivity contribution in [3.8, 4) is 17.1 Å². The summed E-state index contributed by atoms with van der Waals surface area (Å²) in [6.45, 7) is 0. The highest BCUT2D eigenvalue weighted by Crippen LogP contribution is 2.25. The fraction of sp³-hybridized carbons (Fsp3) is 0.100. The Bertz CT molecular complexity index is 589. The van der Waals surface area contributed by atoms with E-state index in [1.54, 1.807) is 19.2 Å². The second-order valence-corrected chi connectivity index (χ2v) is 3.43. The van der Waals surface area contributed by atoms with Gasteiger partial charge < -0.3 is 4.74 Å². The van der Waals surface area contributed by atoms with Gasteiger partial charge in [-0.05, 0) is 24.4 Å². The molecule has 2 aromatic rings. The van der Waals surface area contributed by atoms with E-state index >= 15 is 0 Å². The van der Waals surface area contributed by atoms with Crippen LogP contribution >= 0.6 is 12.2 Å². The van der Waals surface area contributed by atoms with E-state index in [0.717, 1.165) is 0 Å². The number of rotatable bonds is 2. The van der Waals surface area contributed by atoms with Gasteiger partial charge in [0, 0.05) is 0 Å². The number of hydrogen-bond donors (Lipinski definition) is 2. The zero-order valence-corrected chi connectivity index (χ0v) is 9.30. The summed E-state index contributed by atoms with van der Waals surface area (Å²) in [5.74, 6) is 1.03. The molecular weight excluding hydrogens is 226 g/mol. The molecule has 0 saturated heterocycles. The standard InChI is InChI=1S/C10H9N3O2S/c1-15-7-5-3-2-4-6(7)8-11-9(14)13-10(16)12-8/h2-5H,1H3,(H2,11,12,13,14,16). The first kappa shape index (κ1) is 10.6. The highest BCUT2D eigenvalue weighted by Gasteiger charge is 2.06. The summed E-state index contributed by atoms with van der Waals surface area (Å²) in [4.78, 5) is 20.2. The largest absolute Gasteiger partial charge is 0.496 e. The molecule has 5 nitrogen and oxygen atoms in total. The van der Waals surface area contributed by atoms with E-state index in [0.29, 0.717) is 17.1 Å². The molecule has 6 heteroatoms. The van der Waals surface area contributed by atoms with Crippen LogP contribution in [0.4, 0.5) is 0 Å².